The molecule has 0 saturated carbocycles. The Morgan fingerprint density at radius 3 is 2.90 bits per heavy atom. The second-order valence-electron chi connectivity index (χ2n) is 4.37. The molecule has 1 aromatic carbocycles. The molecule has 0 fully saturated rings. The summed E-state index contributed by atoms with van der Waals surface area (Å²) in [7, 11) is 0. The number of nitrogens with one attached hydrogen (secondary N) is 1. The van der Waals surface area contributed by atoms with Crippen molar-refractivity contribution in [3.8, 4) is 0 Å². The monoisotopic (exact) mass is 289 g/mol. The van der Waals surface area contributed by atoms with Gasteiger partial charge in [0.1, 0.15) is 5.69 Å². The minimum Gasteiger partial charge on any atom is -0.393 e. The highest BCUT2D eigenvalue weighted by Crippen LogP contribution is 2.24. The molecule has 1 aromatic heterocycles. The molecule has 0 unspecified atom stereocenters. The number of nitrogens with zero attached hydrogens (tertiary/aromatic N) is 3. The first-order valence-electron chi connectivity index (χ1n) is 6.38. The fourth-order valence-corrected chi connectivity index (χ4v) is 1.88. The molecule has 0 aliphatic heterocycles. The normalized spacial score (nSPS) is 10.3. The van der Waals surface area contributed by atoms with E-state index in [4.69, 9.17) is 5.73 Å². The molecule has 0 atom stereocenters. The number of nitrogens with two attached hydrogens (primary N) is 1. The van der Waals surface area contributed by atoms with Gasteiger partial charge < -0.3 is 11.1 Å². The number of carbonyl (C=O) groups excluding carboxylic acids is 1. The van der Waals surface area contributed by atoms with Crippen LogP contribution in [0, 0.1) is 10.1 Å². The zero-order valence-corrected chi connectivity index (χ0v) is 11.2. The number of nitro groups is 1. The van der Waals surface area contributed by atoms with Gasteiger partial charge in [-0.2, -0.15) is 5.10 Å². The number of aromatic nitrogens is 2. The van der Waals surface area contributed by atoms with Crippen molar-refractivity contribution in [1.29, 1.82) is 0 Å². The summed E-state index contributed by atoms with van der Waals surface area (Å²) in [6.07, 6.45) is 4.21. The molecule has 110 valence electrons. The number of para-hydroxylation sites is 1. The fraction of sp³-hybridized carbons (Fsp3) is 0.231. The van der Waals surface area contributed by atoms with Crippen molar-refractivity contribution < 1.29 is 9.72 Å². The maximum atomic E-state index is 12.0. The molecular weight excluding hydrogens is 274 g/mol. The van der Waals surface area contributed by atoms with Crippen molar-refractivity contribution in [2.45, 2.75) is 13.0 Å². The summed E-state index contributed by atoms with van der Waals surface area (Å²) in [6, 6.07) is 5.99. The summed E-state index contributed by atoms with van der Waals surface area (Å²) in [5, 5.41) is 17.5. The number of amides is 1. The standard InChI is InChI=1S/C13H15N5O3/c14-12-10(4-1-5-11(12)18(20)21)13(19)15-6-2-8-17-9-3-7-16-17/h1,3-5,7,9H,2,6,8,14H2,(H,15,19). The molecule has 0 radical (unpaired) electrons. The third-order valence-electron chi connectivity index (χ3n) is 2.93. The van der Waals surface area contributed by atoms with E-state index in [9.17, 15) is 14.9 Å². The average Bonchev–Trinajstić information content (AvgIpc) is 2.96. The van der Waals surface area contributed by atoms with Crippen LogP contribution in [-0.2, 0) is 6.54 Å². The van der Waals surface area contributed by atoms with Crippen LogP contribution in [0.3, 0.4) is 0 Å². The lowest BCUT2D eigenvalue weighted by atomic mass is 10.1. The van der Waals surface area contributed by atoms with Gasteiger partial charge in [0.25, 0.3) is 11.6 Å². The van der Waals surface area contributed by atoms with Gasteiger partial charge in [0, 0.05) is 31.5 Å². The highest BCUT2D eigenvalue weighted by Gasteiger charge is 2.18. The minimum absolute atomic E-state index is 0.114. The smallest absolute Gasteiger partial charge is 0.292 e. The second kappa shape index (κ2) is 6.51. The first kappa shape index (κ1) is 14.5. The molecule has 8 heteroatoms. The second-order valence-corrected chi connectivity index (χ2v) is 4.37. The van der Waals surface area contributed by atoms with Gasteiger partial charge in [-0.25, -0.2) is 0 Å². The van der Waals surface area contributed by atoms with Crippen molar-refractivity contribution in [1.82, 2.24) is 15.1 Å². The molecule has 21 heavy (non-hydrogen) atoms. The summed E-state index contributed by atoms with van der Waals surface area (Å²) in [4.78, 5) is 22.1. The van der Waals surface area contributed by atoms with Crippen LogP contribution in [-0.4, -0.2) is 27.2 Å². The van der Waals surface area contributed by atoms with Crippen molar-refractivity contribution in [3.63, 3.8) is 0 Å². The number of nitro benzene ring substituents is 1. The van der Waals surface area contributed by atoms with Crippen molar-refractivity contribution >= 4 is 17.3 Å². The summed E-state index contributed by atoms with van der Waals surface area (Å²) in [6.45, 7) is 1.11. The zero-order chi connectivity index (χ0) is 15.2. The molecule has 2 rings (SSSR count). The molecule has 1 amide bonds. The van der Waals surface area contributed by atoms with E-state index >= 15 is 0 Å². The topological polar surface area (TPSA) is 116 Å². The first-order chi connectivity index (χ1) is 10.1. The molecule has 0 bridgehead atoms. The summed E-state index contributed by atoms with van der Waals surface area (Å²) < 4.78 is 1.76. The SMILES string of the molecule is Nc1c(C(=O)NCCCn2cccn2)cccc1[N+](=O)[O-]. The summed E-state index contributed by atoms with van der Waals surface area (Å²) in [5.41, 5.74) is 5.38. The van der Waals surface area contributed by atoms with Crippen LogP contribution in [0.15, 0.2) is 36.7 Å². The lowest BCUT2D eigenvalue weighted by Crippen LogP contribution is -2.26. The third-order valence-corrected chi connectivity index (χ3v) is 2.93. The number of benzene rings is 1. The van der Waals surface area contributed by atoms with E-state index in [0.717, 1.165) is 0 Å². The molecule has 0 aliphatic rings. The third kappa shape index (κ3) is 3.56. The molecule has 8 nitrogen and oxygen atoms in total. The lowest BCUT2D eigenvalue weighted by Gasteiger charge is -2.07. The molecule has 0 aliphatic carbocycles. The Kier molecular flexibility index (Phi) is 4.50. The van der Waals surface area contributed by atoms with E-state index in [1.807, 2.05) is 12.3 Å². The number of aryl methyl sites for hydroxylation is 1. The van der Waals surface area contributed by atoms with Crippen LogP contribution in [0.1, 0.15) is 16.8 Å². The maximum absolute atomic E-state index is 12.0. The van der Waals surface area contributed by atoms with E-state index < -0.39 is 10.8 Å². The van der Waals surface area contributed by atoms with Gasteiger partial charge in [0.05, 0.1) is 10.5 Å². The van der Waals surface area contributed by atoms with E-state index in [1.165, 1.54) is 18.2 Å². The Morgan fingerprint density at radius 1 is 1.43 bits per heavy atom. The van der Waals surface area contributed by atoms with Gasteiger partial charge in [-0.1, -0.05) is 6.07 Å². The van der Waals surface area contributed by atoms with Crippen molar-refractivity contribution in [2.24, 2.45) is 0 Å². The highest BCUT2D eigenvalue weighted by molar-refractivity contribution is 6.00. The first-order valence-corrected chi connectivity index (χ1v) is 6.38. The number of hydrogen-bond donors (Lipinski definition) is 2. The van der Waals surface area contributed by atoms with Crippen LogP contribution >= 0.6 is 0 Å². The van der Waals surface area contributed by atoms with Gasteiger partial charge in [-0.15, -0.1) is 0 Å². The molecule has 0 saturated heterocycles. The quantitative estimate of drug-likeness (QED) is 0.358. The van der Waals surface area contributed by atoms with E-state index in [-0.39, 0.29) is 16.9 Å². The molecule has 0 spiro atoms. The molecule has 3 N–H and O–H groups in total. The van der Waals surface area contributed by atoms with E-state index in [2.05, 4.69) is 10.4 Å². The number of carbonyl (C=O) groups is 1. The predicted octanol–water partition coefficient (Wildman–Crippen LogP) is 1.19. The van der Waals surface area contributed by atoms with Crippen molar-refractivity contribution in [2.75, 3.05) is 12.3 Å². The van der Waals surface area contributed by atoms with E-state index in [1.54, 1.807) is 10.9 Å². The largest absolute Gasteiger partial charge is 0.393 e. The van der Waals surface area contributed by atoms with Crippen LogP contribution < -0.4 is 11.1 Å². The van der Waals surface area contributed by atoms with Gasteiger partial charge in [-0.3, -0.25) is 19.6 Å². The molecule has 2 aromatic rings. The van der Waals surface area contributed by atoms with Crippen LogP contribution in [0.5, 0.6) is 0 Å². The number of nitrogen functional groups attached to an aromatic ring is 1. The maximum Gasteiger partial charge on any atom is 0.292 e. The Bertz CT molecular complexity index is 639. The van der Waals surface area contributed by atoms with Crippen molar-refractivity contribution in [3.05, 3.63) is 52.3 Å². The lowest BCUT2D eigenvalue weighted by molar-refractivity contribution is -0.383. The molecule has 1 heterocycles. The highest BCUT2D eigenvalue weighted by atomic mass is 16.6. The number of hydrogen-bond acceptors (Lipinski definition) is 5. The predicted molar refractivity (Wildman–Crippen MR) is 76.7 cm³/mol. The average molecular weight is 289 g/mol. The number of anilines is 1. The molecular formula is C13H15N5O3. The van der Waals surface area contributed by atoms with Gasteiger partial charge in [0.15, 0.2) is 0 Å². The fourth-order valence-electron chi connectivity index (χ4n) is 1.88. The van der Waals surface area contributed by atoms with E-state index in [0.29, 0.717) is 19.5 Å². The van der Waals surface area contributed by atoms with Crippen LogP contribution in [0.25, 0.3) is 0 Å². The van der Waals surface area contributed by atoms with Crippen LogP contribution in [0.2, 0.25) is 0 Å². The Morgan fingerprint density at radius 2 is 2.24 bits per heavy atom. The Labute approximate surface area is 120 Å². The summed E-state index contributed by atoms with van der Waals surface area (Å²) in [5.74, 6) is -0.420. The minimum atomic E-state index is -0.607. The summed E-state index contributed by atoms with van der Waals surface area (Å²) >= 11 is 0. The van der Waals surface area contributed by atoms with Gasteiger partial charge in [0.2, 0.25) is 0 Å². The Balaban J connectivity index is 1.91. The Hall–Kier alpha value is -2.90. The number of rotatable bonds is 6. The van der Waals surface area contributed by atoms with Gasteiger partial charge >= 0.3 is 0 Å². The zero-order valence-electron chi connectivity index (χ0n) is 11.2. The van der Waals surface area contributed by atoms with Gasteiger partial charge in [-0.05, 0) is 18.6 Å². The van der Waals surface area contributed by atoms with Crippen LogP contribution in [0.4, 0.5) is 11.4 Å².